The van der Waals surface area contributed by atoms with E-state index in [1.54, 1.807) is 30.3 Å². The largest absolute Gasteiger partial charge is 0.365 e. The van der Waals surface area contributed by atoms with Crippen molar-refractivity contribution in [1.82, 2.24) is 20.2 Å². The Morgan fingerprint density at radius 2 is 1.96 bits per heavy atom. The third-order valence-electron chi connectivity index (χ3n) is 4.07. The quantitative estimate of drug-likeness (QED) is 0.752. The average Bonchev–Trinajstić information content (AvgIpc) is 3.37. The van der Waals surface area contributed by atoms with Gasteiger partial charge in [0.05, 0.1) is 5.69 Å². The molecule has 0 radical (unpaired) electrons. The van der Waals surface area contributed by atoms with Crippen molar-refractivity contribution in [2.24, 2.45) is 0 Å². The predicted molar refractivity (Wildman–Crippen MR) is 93.4 cm³/mol. The van der Waals surface area contributed by atoms with E-state index in [1.165, 1.54) is 0 Å². The van der Waals surface area contributed by atoms with E-state index in [1.807, 2.05) is 12.1 Å². The van der Waals surface area contributed by atoms with Crippen molar-refractivity contribution in [3.8, 4) is 5.69 Å². The number of aromatic nitrogens is 4. The Kier molecular flexibility index (Phi) is 3.85. The molecule has 2 N–H and O–H groups in total. The number of aromatic amines is 1. The van der Waals surface area contributed by atoms with E-state index < -0.39 is 5.69 Å². The van der Waals surface area contributed by atoms with E-state index in [-0.39, 0.29) is 5.91 Å². The van der Waals surface area contributed by atoms with Crippen LogP contribution in [0.25, 0.3) is 5.69 Å². The summed E-state index contributed by atoms with van der Waals surface area (Å²) in [5.41, 5.74) is 2.38. The van der Waals surface area contributed by atoms with Crippen molar-refractivity contribution in [3.05, 3.63) is 69.1 Å². The van der Waals surface area contributed by atoms with Crippen LogP contribution >= 0.6 is 11.6 Å². The molecule has 0 unspecified atom stereocenters. The number of anilines is 1. The molecule has 8 heteroatoms. The molecule has 1 saturated carbocycles. The molecule has 0 spiro atoms. The summed E-state index contributed by atoms with van der Waals surface area (Å²) in [6.45, 7) is 0. The maximum Gasteiger partial charge on any atom is 0.365 e. The van der Waals surface area contributed by atoms with Gasteiger partial charge in [-0.3, -0.25) is 4.79 Å². The van der Waals surface area contributed by atoms with Gasteiger partial charge in [0.15, 0.2) is 0 Å². The lowest BCUT2D eigenvalue weighted by molar-refractivity contribution is 0.102. The molecule has 126 valence electrons. The van der Waals surface area contributed by atoms with Gasteiger partial charge in [-0.1, -0.05) is 11.6 Å². The molecule has 7 nitrogen and oxygen atoms in total. The van der Waals surface area contributed by atoms with Crippen LogP contribution in [-0.4, -0.2) is 26.1 Å². The molecule has 1 aromatic heterocycles. The van der Waals surface area contributed by atoms with Crippen LogP contribution in [0.2, 0.25) is 5.02 Å². The maximum atomic E-state index is 12.5. The van der Waals surface area contributed by atoms with Crippen LogP contribution in [0.5, 0.6) is 0 Å². The molecule has 0 aliphatic heterocycles. The first-order valence-electron chi connectivity index (χ1n) is 7.83. The van der Waals surface area contributed by atoms with Crippen molar-refractivity contribution in [1.29, 1.82) is 0 Å². The minimum Gasteiger partial charge on any atom is -0.322 e. The Hall–Kier alpha value is -2.93. The first kappa shape index (κ1) is 15.6. The van der Waals surface area contributed by atoms with Gasteiger partial charge in [0.25, 0.3) is 5.91 Å². The van der Waals surface area contributed by atoms with E-state index >= 15 is 0 Å². The van der Waals surface area contributed by atoms with Gasteiger partial charge in [-0.25, -0.2) is 9.89 Å². The van der Waals surface area contributed by atoms with Crippen molar-refractivity contribution in [3.63, 3.8) is 0 Å². The average molecular weight is 356 g/mol. The Balaban J connectivity index is 1.53. The van der Waals surface area contributed by atoms with Crippen molar-refractivity contribution in [2.45, 2.75) is 18.8 Å². The van der Waals surface area contributed by atoms with Crippen molar-refractivity contribution >= 4 is 23.2 Å². The molecule has 1 amide bonds. The van der Waals surface area contributed by atoms with Crippen LogP contribution < -0.4 is 11.0 Å². The number of rotatable bonds is 4. The summed E-state index contributed by atoms with van der Waals surface area (Å²) in [5, 5.41) is 12.7. The second-order valence-electron chi connectivity index (χ2n) is 5.97. The van der Waals surface area contributed by atoms with Gasteiger partial charge >= 0.3 is 5.69 Å². The number of carbonyl (C=O) groups is 1. The molecule has 25 heavy (non-hydrogen) atoms. The zero-order valence-electron chi connectivity index (χ0n) is 13.1. The normalized spacial score (nSPS) is 13.6. The van der Waals surface area contributed by atoms with Gasteiger partial charge in [0.2, 0.25) is 0 Å². The predicted octanol–water partition coefficient (Wildman–Crippen LogP) is 2.74. The fraction of sp³-hybridized carbons (Fsp3) is 0.176. The molecule has 2 aromatic carbocycles. The van der Waals surface area contributed by atoms with Crippen LogP contribution in [0, 0.1) is 0 Å². The zero-order chi connectivity index (χ0) is 17.4. The summed E-state index contributed by atoms with van der Waals surface area (Å²) in [5.74, 6) is 0.293. The lowest BCUT2D eigenvalue weighted by Gasteiger charge is -2.08. The molecule has 1 aliphatic rings. The zero-order valence-corrected chi connectivity index (χ0v) is 13.8. The fourth-order valence-electron chi connectivity index (χ4n) is 2.65. The highest BCUT2D eigenvalue weighted by Gasteiger charge is 2.24. The second-order valence-corrected chi connectivity index (χ2v) is 6.40. The van der Waals surface area contributed by atoms with Crippen LogP contribution in [0.15, 0.2) is 47.3 Å². The van der Waals surface area contributed by atoms with E-state index in [0.717, 1.165) is 23.1 Å². The number of carbonyl (C=O) groups excluding carboxylic acids is 1. The van der Waals surface area contributed by atoms with E-state index in [0.29, 0.717) is 27.9 Å². The summed E-state index contributed by atoms with van der Waals surface area (Å²) >= 11 is 6.13. The number of hydrogen-bond acceptors (Lipinski definition) is 4. The topological polar surface area (TPSA) is 92.7 Å². The van der Waals surface area contributed by atoms with Crippen LogP contribution in [0.1, 0.15) is 34.7 Å². The number of nitrogens with one attached hydrogen (secondary N) is 2. The standard InChI is InChI=1S/C17H14ClN5O2/c18-13-8-11(10-1-2-10)7-12(9-13)16(24)19-14-3-5-15(6-4-14)23-17(25)20-21-22-23/h3-10H,1-2H2,(H,19,24)(H,20,22,25). The number of H-pyrrole nitrogens is 1. The monoisotopic (exact) mass is 355 g/mol. The summed E-state index contributed by atoms with van der Waals surface area (Å²) in [4.78, 5) is 24.0. The molecular weight excluding hydrogens is 342 g/mol. The highest BCUT2D eigenvalue weighted by Crippen LogP contribution is 2.41. The number of benzene rings is 2. The Morgan fingerprint density at radius 1 is 1.20 bits per heavy atom. The first-order chi connectivity index (χ1) is 12.1. The SMILES string of the molecule is O=C(Nc1ccc(-n2nn[nH]c2=O)cc1)c1cc(Cl)cc(C2CC2)c1. The summed E-state index contributed by atoms with van der Waals surface area (Å²) in [6, 6.07) is 12.2. The van der Waals surface area contributed by atoms with Crippen molar-refractivity contribution in [2.75, 3.05) is 5.32 Å². The van der Waals surface area contributed by atoms with Gasteiger partial charge in [-0.15, -0.1) is 0 Å². The molecule has 4 rings (SSSR count). The lowest BCUT2D eigenvalue weighted by atomic mass is 10.1. The van der Waals surface area contributed by atoms with E-state index in [4.69, 9.17) is 11.6 Å². The molecule has 0 saturated heterocycles. The van der Waals surface area contributed by atoms with E-state index in [9.17, 15) is 9.59 Å². The highest BCUT2D eigenvalue weighted by molar-refractivity contribution is 6.31. The Labute approximate surface area is 147 Å². The molecule has 1 heterocycles. The van der Waals surface area contributed by atoms with Gasteiger partial charge in [-0.2, -0.15) is 4.68 Å². The first-order valence-corrected chi connectivity index (χ1v) is 8.20. The minimum atomic E-state index is -0.427. The van der Waals surface area contributed by atoms with Gasteiger partial charge < -0.3 is 5.32 Å². The summed E-state index contributed by atoms with van der Waals surface area (Å²) < 4.78 is 1.13. The van der Waals surface area contributed by atoms with Gasteiger partial charge in [0.1, 0.15) is 0 Å². The molecule has 0 atom stereocenters. The molecule has 3 aromatic rings. The summed E-state index contributed by atoms with van der Waals surface area (Å²) in [6.07, 6.45) is 2.29. The Bertz CT molecular complexity index is 989. The second kappa shape index (κ2) is 6.18. The lowest BCUT2D eigenvalue weighted by Crippen LogP contribution is -2.16. The van der Waals surface area contributed by atoms with Crippen molar-refractivity contribution < 1.29 is 4.79 Å². The fourth-order valence-corrected chi connectivity index (χ4v) is 2.90. The number of halogens is 1. The number of nitrogens with zero attached hydrogens (tertiary/aromatic N) is 3. The maximum absolute atomic E-state index is 12.5. The summed E-state index contributed by atoms with van der Waals surface area (Å²) in [7, 11) is 0. The molecule has 0 bridgehead atoms. The molecule has 1 fully saturated rings. The van der Waals surface area contributed by atoms with Crippen LogP contribution in [-0.2, 0) is 0 Å². The number of tetrazole rings is 1. The number of hydrogen-bond donors (Lipinski definition) is 2. The molecular formula is C17H14ClN5O2. The van der Waals surface area contributed by atoms with Gasteiger partial charge in [0, 0.05) is 16.3 Å². The van der Waals surface area contributed by atoms with Crippen LogP contribution in [0.3, 0.4) is 0 Å². The smallest absolute Gasteiger partial charge is 0.322 e. The Morgan fingerprint density at radius 3 is 2.60 bits per heavy atom. The third-order valence-corrected chi connectivity index (χ3v) is 4.29. The van der Waals surface area contributed by atoms with Gasteiger partial charge in [-0.05, 0) is 77.2 Å². The van der Waals surface area contributed by atoms with Crippen LogP contribution in [0.4, 0.5) is 5.69 Å². The minimum absolute atomic E-state index is 0.226. The van der Waals surface area contributed by atoms with E-state index in [2.05, 4.69) is 20.8 Å². The number of amides is 1. The third kappa shape index (κ3) is 3.32. The highest BCUT2D eigenvalue weighted by atomic mass is 35.5. The molecule has 1 aliphatic carbocycles.